The Morgan fingerprint density at radius 1 is 1.15 bits per heavy atom. The highest BCUT2D eigenvalue weighted by molar-refractivity contribution is 5.78. The van der Waals surface area contributed by atoms with E-state index >= 15 is 0 Å². The summed E-state index contributed by atoms with van der Waals surface area (Å²) < 4.78 is 5.91. The van der Waals surface area contributed by atoms with Crippen molar-refractivity contribution in [1.82, 2.24) is 10.4 Å². The summed E-state index contributed by atoms with van der Waals surface area (Å²) in [7, 11) is 0. The van der Waals surface area contributed by atoms with E-state index in [0.29, 0.717) is 0 Å². The van der Waals surface area contributed by atoms with Gasteiger partial charge in [-0.1, -0.05) is 11.6 Å². The average molecular weight is 267 g/mol. The minimum atomic E-state index is -0.176. The SMILES string of the molecule is Cc1ccc2oc(C(NN)c3ccnc(C)c3)cc2c1. The zero-order chi connectivity index (χ0) is 14.1. The number of hydrogen-bond acceptors (Lipinski definition) is 4. The number of aryl methyl sites for hydroxylation is 2. The van der Waals surface area contributed by atoms with E-state index in [1.165, 1.54) is 5.56 Å². The first kappa shape index (κ1) is 12.8. The van der Waals surface area contributed by atoms with Crippen LogP contribution in [0, 0.1) is 13.8 Å². The Balaban J connectivity index is 2.07. The van der Waals surface area contributed by atoms with Crippen molar-refractivity contribution in [3.8, 4) is 0 Å². The third-order valence-corrected chi connectivity index (χ3v) is 3.40. The fraction of sp³-hybridized carbons (Fsp3) is 0.188. The first-order valence-electron chi connectivity index (χ1n) is 6.56. The van der Waals surface area contributed by atoms with Gasteiger partial charge in [-0.2, -0.15) is 0 Å². The van der Waals surface area contributed by atoms with Crippen molar-refractivity contribution in [2.75, 3.05) is 0 Å². The Labute approximate surface area is 117 Å². The molecule has 2 heterocycles. The molecule has 3 N–H and O–H groups in total. The molecule has 0 saturated carbocycles. The van der Waals surface area contributed by atoms with Crippen LogP contribution < -0.4 is 11.3 Å². The highest BCUT2D eigenvalue weighted by atomic mass is 16.3. The molecule has 102 valence electrons. The second-order valence-corrected chi connectivity index (χ2v) is 5.02. The molecule has 4 heteroatoms. The largest absolute Gasteiger partial charge is 0.459 e. The lowest BCUT2D eigenvalue weighted by atomic mass is 10.1. The first-order chi connectivity index (χ1) is 9.67. The predicted octanol–water partition coefficient (Wildman–Crippen LogP) is 3.00. The smallest absolute Gasteiger partial charge is 0.134 e. The highest BCUT2D eigenvalue weighted by Gasteiger charge is 2.17. The van der Waals surface area contributed by atoms with Crippen LogP contribution in [0.5, 0.6) is 0 Å². The van der Waals surface area contributed by atoms with Crippen LogP contribution in [0.3, 0.4) is 0 Å². The molecule has 0 amide bonds. The third kappa shape index (κ3) is 2.31. The third-order valence-electron chi connectivity index (χ3n) is 3.40. The van der Waals surface area contributed by atoms with E-state index < -0.39 is 0 Å². The summed E-state index contributed by atoms with van der Waals surface area (Å²) in [5.74, 6) is 6.51. The second-order valence-electron chi connectivity index (χ2n) is 5.02. The number of aromatic nitrogens is 1. The van der Waals surface area contributed by atoms with Gasteiger partial charge < -0.3 is 4.42 Å². The van der Waals surface area contributed by atoms with Crippen LogP contribution in [0.2, 0.25) is 0 Å². The van der Waals surface area contributed by atoms with E-state index in [1.54, 1.807) is 6.20 Å². The highest BCUT2D eigenvalue weighted by Crippen LogP contribution is 2.28. The molecule has 4 nitrogen and oxygen atoms in total. The van der Waals surface area contributed by atoms with Gasteiger partial charge >= 0.3 is 0 Å². The Kier molecular flexibility index (Phi) is 3.26. The molecule has 3 rings (SSSR count). The van der Waals surface area contributed by atoms with E-state index in [-0.39, 0.29) is 6.04 Å². The normalized spacial score (nSPS) is 12.8. The van der Waals surface area contributed by atoms with Gasteiger partial charge in [-0.15, -0.1) is 0 Å². The number of nitrogens with zero attached hydrogens (tertiary/aromatic N) is 1. The summed E-state index contributed by atoms with van der Waals surface area (Å²) in [4.78, 5) is 4.21. The lowest BCUT2D eigenvalue weighted by molar-refractivity contribution is 0.477. The number of hydrogen-bond donors (Lipinski definition) is 2. The predicted molar refractivity (Wildman–Crippen MR) is 79.1 cm³/mol. The van der Waals surface area contributed by atoms with E-state index in [0.717, 1.165) is 28.0 Å². The second kappa shape index (κ2) is 5.07. The lowest BCUT2D eigenvalue weighted by Gasteiger charge is -2.13. The van der Waals surface area contributed by atoms with Crippen molar-refractivity contribution < 1.29 is 4.42 Å². The topological polar surface area (TPSA) is 64.1 Å². The van der Waals surface area contributed by atoms with Gasteiger partial charge in [0.05, 0.1) is 0 Å². The van der Waals surface area contributed by atoms with Crippen LogP contribution in [0.25, 0.3) is 11.0 Å². The number of rotatable bonds is 3. The molecule has 0 aliphatic rings. The van der Waals surface area contributed by atoms with Crippen molar-refractivity contribution >= 4 is 11.0 Å². The molecule has 0 spiro atoms. The van der Waals surface area contributed by atoms with Gasteiger partial charge in [0.15, 0.2) is 0 Å². The van der Waals surface area contributed by atoms with E-state index in [2.05, 4.69) is 23.4 Å². The van der Waals surface area contributed by atoms with E-state index in [9.17, 15) is 0 Å². The number of nitrogens with two attached hydrogens (primary N) is 1. The number of fused-ring (bicyclic) bond motifs is 1. The molecule has 0 bridgehead atoms. The van der Waals surface area contributed by atoms with Gasteiger partial charge in [-0.05, 0) is 49.7 Å². The minimum absolute atomic E-state index is 0.176. The molecule has 20 heavy (non-hydrogen) atoms. The van der Waals surface area contributed by atoms with Crippen LogP contribution in [0.4, 0.5) is 0 Å². The summed E-state index contributed by atoms with van der Waals surface area (Å²) in [6, 6.07) is 11.9. The lowest BCUT2D eigenvalue weighted by Crippen LogP contribution is -2.28. The molecule has 0 aliphatic carbocycles. The Hall–Kier alpha value is -2.17. The molecule has 0 fully saturated rings. The zero-order valence-corrected chi connectivity index (χ0v) is 11.6. The van der Waals surface area contributed by atoms with Crippen LogP contribution in [-0.2, 0) is 0 Å². The molecule has 0 radical (unpaired) electrons. The number of nitrogens with one attached hydrogen (secondary N) is 1. The van der Waals surface area contributed by atoms with Crippen molar-refractivity contribution in [3.63, 3.8) is 0 Å². The van der Waals surface area contributed by atoms with E-state index in [1.807, 2.05) is 37.3 Å². The van der Waals surface area contributed by atoms with Gasteiger partial charge in [0, 0.05) is 17.3 Å². The van der Waals surface area contributed by atoms with Crippen LogP contribution in [0.15, 0.2) is 47.0 Å². The van der Waals surface area contributed by atoms with E-state index in [4.69, 9.17) is 10.3 Å². The van der Waals surface area contributed by atoms with Crippen LogP contribution >= 0.6 is 0 Å². The summed E-state index contributed by atoms with van der Waals surface area (Å²) in [6.07, 6.45) is 1.78. The maximum Gasteiger partial charge on any atom is 0.134 e. The monoisotopic (exact) mass is 267 g/mol. The fourth-order valence-corrected chi connectivity index (χ4v) is 2.42. The van der Waals surface area contributed by atoms with Gasteiger partial charge in [0.25, 0.3) is 0 Å². The summed E-state index contributed by atoms with van der Waals surface area (Å²) in [5, 5.41) is 1.09. The summed E-state index contributed by atoms with van der Waals surface area (Å²) >= 11 is 0. The first-order valence-corrected chi connectivity index (χ1v) is 6.56. The zero-order valence-electron chi connectivity index (χ0n) is 11.6. The van der Waals surface area contributed by atoms with Gasteiger partial charge in [-0.25, -0.2) is 5.43 Å². The molecule has 1 atom stereocenters. The molecule has 1 aromatic carbocycles. The maximum absolute atomic E-state index is 5.91. The Bertz CT molecular complexity index is 748. The number of pyridine rings is 1. The van der Waals surface area contributed by atoms with Gasteiger partial charge in [0.1, 0.15) is 17.4 Å². The molecule has 1 unspecified atom stereocenters. The molecule has 0 saturated heterocycles. The van der Waals surface area contributed by atoms with Crippen molar-refractivity contribution in [2.45, 2.75) is 19.9 Å². The Morgan fingerprint density at radius 2 is 2.00 bits per heavy atom. The Morgan fingerprint density at radius 3 is 2.75 bits per heavy atom. The summed E-state index contributed by atoms with van der Waals surface area (Å²) in [5.41, 5.74) is 6.89. The van der Waals surface area contributed by atoms with Crippen molar-refractivity contribution in [3.05, 3.63) is 65.2 Å². The molecule has 0 aliphatic heterocycles. The van der Waals surface area contributed by atoms with Crippen molar-refractivity contribution in [1.29, 1.82) is 0 Å². The number of hydrazine groups is 1. The van der Waals surface area contributed by atoms with Crippen LogP contribution in [0.1, 0.15) is 28.6 Å². The molecular formula is C16H17N3O. The van der Waals surface area contributed by atoms with Gasteiger partial charge in [-0.3, -0.25) is 10.8 Å². The quantitative estimate of drug-likeness (QED) is 0.565. The fourth-order valence-electron chi connectivity index (χ4n) is 2.42. The summed E-state index contributed by atoms with van der Waals surface area (Å²) in [6.45, 7) is 4.02. The minimum Gasteiger partial charge on any atom is -0.459 e. The molecular weight excluding hydrogens is 250 g/mol. The number of furan rings is 1. The molecule has 3 aromatic rings. The van der Waals surface area contributed by atoms with Crippen LogP contribution in [-0.4, -0.2) is 4.98 Å². The maximum atomic E-state index is 5.91. The van der Waals surface area contributed by atoms with Gasteiger partial charge in [0.2, 0.25) is 0 Å². The average Bonchev–Trinajstić information content (AvgIpc) is 2.82. The number of benzene rings is 1. The standard InChI is InChI=1S/C16H17N3O/c1-10-3-4-14-13(7-10)9-15(20-14)16(19-17)12-5-6-18-11(2)8-12/h3-9,16,19H,17H2,1-2H3. The van der Waals surface area contributed by atoms with Crippen molar-refractivity contribution in [2.24, 2.45) is 5.84 Å². The molecule has 2 aromatic heterocycles.